The van der Waals surface area contributed by atoms with E-state index in [9.17, 15) is 9.59 Å². The average Bonchev–Trinajstić information content (AvgIpc) is 2.80. The molecular formula is C26H36N2O4. The Morgan fingerprint density at radius 1 is 1.03 bits per heavy atom. The van der Waals surface area contributed by atoms with Crippen LogP contribution in [0.3, 0.4) is 0 Å². The number of hydrogen-bond donors (Lipinski definition) is 1. The molecule has 2 atom stereocenters. The van der Waals surface area contributed by atoms with Crippen molar-refractivity contribution < 1.29 is 19.1 Å². The second-order valence-corrected chi connectivity index (χ2v) is 8.07. The van der Waals surface area contributed by atoms with Gasteiger partial charge in [0.05, 0.1) is 13.7 Å². The third-order valence-electron chi connectivity index (χ3n) is 5.63. The fourth-order valence-corrected chi connectivity index (χ4v) is 3.25. The molecule has 0 aromatic heterocycles. The zero-order valence-electron chi connectivity index (χ0n) is 19.9. The number of amides is 2. The highest BCUT2D eigenvalue weighted by Crippen LogP contribution is 2.18. The number of hydrogen-bond acceptors (Lipinski definition) is 4. The van der Waals surface area contributed by atoms with Crippen molar-refractivity contribution in [1.82, 2.24) is 10.2 Å². The topological polar surface area (TPSA) is 67.9 Å². The summed E-state index contributed by atoms with van der Waals surface area (Å²) >= 11 is 0. The van der Waals surface area contributed by atoms with E-state index in [2.05, 4.69) is 5.32 Å². The van der Waals surface area contributed by atoms with Gasteiger partial charge >= 0.3 is 0 Å². The van der Waals surface area contributed by atoms with E-state index >= 15 is 0 Å². The van der Waals surface area contributed by atoms with Crippen LogP contribution in [0, 0.1) is 6.92 Å². The van der Waals surface area contributed by atoms with Crippen LogP contribution < -0.4 is 14.8 Å². The molecule has 2 aromatic rings. The van der Waals surface area contributed by atoms with Crippen LogP contribution >= 0.6 is 0 Å². The number of benzene rings is 2. The van der Waals surface area contributed by atoms with E-state index in [-0.39, 0.29) is 17.9 Å². The van der Waals surface area contributed by atoms with Crippen LogP contribution in [0.15, 0.2) is 48.5 Å². The Hall–Kier alpha value is -3.02. The second kappa shape index (κ2) is 12.7. The first kappa shape index (κ1) is 25.2. The van der Waals surface area contributed by atoms with Gasteiger partial charge in [0.2, 0.25) is 11.8 Å². The zero-order valence-corrected chi connectivity index (χ0v) is 19.9. The van der Waals surface area contributed by atoms with Crippen molar-refractivity contribution in [3.8, 4) is 11.5 Å². The summed E-state index contributed by atoms with van der Waals surface area (Å²) < 4.78 is 10.9. The van der Waals surface area contributed by atoms with Gasteiger partial charge in [0.15, 0.2) is 0 Å². The van der Waals surface area contributed by atoms with Gasteiger partial charge in [-0.3, -0.25) is 9.59 Å². The Labute approximate surface area is 191 Å². The summed E-state index contributed by atoms with van der Waals surface area (Å²) in [6, 6.07) is 14.8. The van der Waals surface area contributed by atoms with Crippen LogP contribution in [0.2, 0.25) is 0 Å². The summed E-state index contributed by atoms with van der Waals surface area (Å²) in [6.45, 7) is 8.62. The number of aryl methyl sites for hydroxylation is 1. The number of carbonyl (C=O) groups is 2. The van der Waals surface area contributed by atoms with Crippen LogP contribution in [0.1, 0.15) is 51.2 Å². The summed E-state index contributed by atoms with van der Waals surface area (Å²) in [5.41, 5.74) is 2.14. The Kier molecular flexibility index (Phi) is 10.1. The van der Waals surface area contributed by atoms with Crippen LogP contribution in [0.4, 0.5) is 0 Å². The van der Waals surface area contributed by atoms with Gasteiger partial charge in [-0.2, -0.15) is 0 Å². The Bertz CT molecular complexity index is 866. The molecule has 0 aliphatic rings. The zero-order chi connectivity index (χ0) is 23.5. The molecule has 2 rings (SSSR count). The normalized spacial score (nSPS) is 12.5. The molecule has 32 heavy (non-hydrogen) atoms. The van der Waals surface area contributed by atoms with Crippen molar-refractivity contribution in [2.75, 3.05) is 13.7 Å². The van der Waals surface area contributed by atoms with Gasteiger partial charge in [-0.05, 0) is 69.0 Å². The molecule has 0 unspecified atom stereocenters. The number of rotatable bonds is 12. The first-order valence-corrected chi connectivity index (χ1v) is 11.3. The molecule has 0 saturated carbocycles. The molecule has 0 aliphatic heterocycles. The minimum Gasteiger partial charge on any atom is -0.497 e. The number of nitrogens with one attached hydrogen (secondary N) is 1. The third kappa shape index (κ3) is 7.59. The summed E-state index contributed by atoms with van der Waals surface area (Å²) in [5.74, 6) is 1.31. The lowest BCUT2D eigenvalue weighted by Crippen LogP contribution is -2.49. The quantitative estimate of drug-likeness (QED) is 0.494. The minimum atomic E-state index is -0.557. The maximum absolute atomic E-state index is 13.1. The first-order valence-electron chi connectivity index (χ1n) is 11.3. The monoisotopic (exact) mass is 440 g/mol. The van der Waals surface area contributed by atoms with E-state index < -0.39 is 6.04 Å². The fraction of sp³-hybridized carbons (Fsp3) is 0.462. The SMILES string of the molecule is CC[C@@H](C)NC(=O)[C@@H](C)N(Cc1ccccc1C)C(=O)CCCOc1ccc(OC)cc1. The molecule has 0 heterocycles. The van der Waals surface area contributed by atoms with E-state index in [0.717, 1.165) is 29.0 Å². The average molecular weight is 441 g/mol. The first-order chi connectivity index (χ1) is 15.3. The van der Waals surface area contributed by atoms with Crippen LogP contribution in [-0.2, 0) is 16.1 Å². The van der Waals surface area contributed by atoms with Crippen molar-refractivity contribution in [3.05, 3.63) is 59.7 Å². The summed E-state index contributed by atoms with van der Waals surface area (Å²) in [5, 5.41) is 3.00. The van der Waals surface area contributed by atoms with Gasteiger partial charge in [-0.1, -0.05) is 31.2 Å². The van der Waals surface area contributed by atoms with Crippen LogP contribution in [-0.4, -0.2) is 42.5 Å². The van der Waals surface area contributed by atoms with E-state index in [4.69, 9.17) is 9.47 Å². The maximum Gasteiger partial charge on any atom is 0.242 e. The van der Waals surface area contributed by atoms with Crippen molar-refractivity contribution in [2.45, 2.75) is 65.6 Å². The molecule has 0 aliphatic carbocycles. The fourth-order valence-electron chi connectivity index (χ4n) is 3.25. The summed E-state index contributed by atoms with van der Waals surface area (Å²) in [4.78, 5) is 27.6. The number of carbonyl (C=O) groups excluding carboxylic acids is 2. The van der Waals surface area contributed by atoms with E-state index in [1.807, 2.05) is 69.3 Å². The highest BCUT2D eigenvalue weighted by molar-refractivity contribution is 5.87. The lowest BCUT2D eigenvalue weighted by atomic mass is 10.1. The molecule has 2 amide bonds. The minimum absolute atomic E-state index is 0.0571. The van der Waals surface area contributed by atoms with Gasteiger partial charge in [0.1, 0.15) is 17.5 Å². The van der Waals surface area contributed by atoms with Crippen molar-refractivity contribution >= 4 is 11.8 Å². The predicted molar refractivity (Wildman–Crippen MR) is 127 cm³/mol. The smallest absolute Gasteiger partial charge is 0.242 e. The molecule has 174 valence electrons. The van der Waals surface area contributed by atoms with Gasteiger partial charge in [-0.15, -0.1) is 0 Å². The highest BCUT2D eigenvalue weighted by atomic mass is 16.5. The standard InChI is InChI=1S/C26H36N2O4/c1-6-20(3)27-26(30)21(4)28(18-22-11-8-7-10-19(22)2)25(29)12-9-17-32-24-15-13-23(31-5)14-16-24/h7-8,10-11,13-16,20-21H,6,9,12,17-18H2,1-5H3,(H,27,30)/t20-,21-/m1/s1. The van der Waals surface area contributed by atoms with Gasteiger partial charge in [0.25, 0.3) is 0 Å². The molecule has 0 fully saturated rings. The molecule has 0 saturated heterocycles. The number of nitrogens with zero attached hydrogens (tertiary/aromatic N) is 1. The van der Waals surface area contributed by atoms with E-state index in [0.29, 0.717) is 26.0 Å². The maximum atomic E-state index is 13.1. The van der Waals surface area contributed by atoms with Gasteiger partial charge in [0, 0.05) is 19.0 Å². The van der Waals surface area contributed by atoms with Crippen molar-refractivity contribution in [2.24, 2.45) is 0 Å². The molecular weight excluding hydrogens is 404 g/mol. The molecule has 2 aromatic carbocycles. The Morgan fingerprint density at radius 2 is 1.69 bits per heavy atom. The third-order valence-corrected chi connectivity index (χ3v) is 5.63. The molecule has 1 N–H and O–H groups in total. The van der Waals surface area contributed by atoms with E-state index in [1.54, 1.807) is 18.9 Å². The molecule has 0 spiro atoms. The molecule has 0 radical (unpaired) electrons. The Morgan fingerprint density at radius 3 is 2.31 bits per heavy atom. The van der Waals surface area contributed by atoms with Crippen molar-refractivity contribution in [1.29, 1.82) is 0 Å². The lowest BCUT2D eigenvalue weighted by molar-refractivity contribution is -0.141. The second-order valence-electron chi connectivity index (χ2n) is 8.07. The molecule has 6 nitrogen and oxygen atoms in total. The lowest BCUT2D eigenvalue weighted by Gasteiger charge is -2.30. The summed E-state index contributed by atoms with van der Waals surface area (Å²) in [6.07, 6.45) is 1.71. The number of ether oxygens (including phenoxy) is 2. The van der Waals surface area contributed by atoms with E-state index in [1.165, 1.54) is 0 Å². The largest absolute Gasteiger partial charge is 0.497 e. The highest BCUT2D eigenvalue weighted by Gasteiger charge is 2.26. The van der Waals surface area contributed by atoms with Crippen molar-refractivity contribution in [3.63, 3.8) is 0 Å². The van der Waals surface area contributed by atoms with Gasteiger partial charge in [-0.25, -0.2) is 0 Å². The predicted octanol–water partition coefficient (Wildman–Crippen LogP) is 4.49. The summed E-state index contributed by atoms with van der Waals surface area (Å²) in [7, 11) is 1.62. The van der Waals surface area contributed by atoms with Gasteiger partial charge < -0.3 is 19.7 Å². The Balaban J connectivity index is 2.00. The molecule has 6 heteroatoms. The number of methoxy groups -OCH3 is 1. The van der Waals surface area contributed by atoms with Crippen LogP contribution in [0.5, 0.6) is 11.5 Å². The van der Waals surface area contributed by atoms with Crippen LogP contribution in [0.25, 0.3) is 0 Å². The molecule has 0 bridgehead atoms.